The molecule has 0 unspecified atom stereocenters. The van der Waals surface area contributed by atoms with Crippen molar-refractivity contribution in [3.05, 3.63) is 60.7 Å². The quantitative estimate of drug-likeness (QED) is 0.666. The summed E-state index contributed by atoms with van der Waals surface area (Å²) >= 11 is 0. The van der Waals surface area contributed by atoms with Gasteiger partial charge in [-0.1, -0.05) is 12.2 Å². The number of phenols is 1. The highest BCUT2D eigenvalue weighted by Crippen LogP contribution is 2.34. The summed E-state index contributed by atoms with van der Waals surface area (Å²) in [6.45, 7) is 0. The summed E-state index contributed by atoms with van der Waals surface area (Å²) in [4.78, 5) is 2.00. The van der Waals surface area contributed by atoms with Crippen LogP contribution in [-0.2, 0) is 0 Å². The fourth-order valence-electron chi connectivity index (χ4n) is 4.01. The van der Waals surface area contributed by atoms with Crippen LogP contribution < -0.4 is 4.74 Å². The fourth-order valence-corrected chi connectivity index (χ4v) is 4.01. The third-order valence-electron chi connectivity index (χ3n) is 5.66. The molecule has 0 saturated carbocycles. The molecule has 0 aliphatic carbocycles. The third-order valence-corrected chi connectivity index (χ3v) is 5.66. The first-order valence-corrected chi connectivity index (χ1v) is 9.58. The molecule has 4 heterocycles. The van der Waals surface area contributed by atoms with E-state index in [0.29, 0.717) is 23.4 Å². The molecule has 30 heavy (non-hydrogen) atoms. The average molecular weight is 411 g/mol. The molecule has 5 rings (SSSR count). The summed E-state index contributed by atoms with van der Waals surface area (Å²) in [7, 11) is 1.91. The lowest BCUT2D eigenvalue weighted by atomic mass is 9.97. The molecule has 7 nitrogen and oxygen atoms in total. The molecule has 1 N–H and O–H groups in total. The van der Waals surface area contributed by atoms with E-state index < -0.39 is 18.1 Å². The van der Waals surface area contributed by atoms with Gasteiger partial charge in [-0.15, -0.1) is 10.2 Å². The molecule has 9 heteroatoms. The Morgan fingerprint density at radius 1 is 1.17 bits per heavy atom. The number of hydrogen-bond donors (Lipinski definition) is 1. The van der Waals surface area contributed by atoms with Crippen LogP contribution in [-0.4, -0.2) is 61.4 Å². The zero-order valence-electron chi connectivity index (χ0n) is 16.1. The second kappa shape index (κ2) is 7.17. The van der Waals surface area contributed by atoms with E-state index in [0.717, 1.165) is 6.20 Å². The molecule has 0 spiro atoms. The molecule has 2 bridgehead atoms. The van der Waals surface area contributed by atoms with Gasteiger partial charge in [0.25, 0.3) is 0 Å². The Morgan fingerprint density at radius 3 is 2.73 bits per heavy atom. The predicted molar refractivity (Wildman–Crippen MR) is 105 cm³/mol. The number of aromatic hydroxyl groups is 1. The first kappa shape index (κ1) is 18.7. The summed E-state index contributed by atoms with van der Waals surface area (Å²) in [5.41, 5.74) is 1.39. The molecule has 1 aromatic carbocycles. The number of hydrogen-bond acceptors (Lipinski definition) is 6. The number of alkyl halides is 1. The van der Waals surface area contributed by atoms with E-state index in [1.54, 1.807) is 24.3 Å². The number of piperidine rings is 1. The van der Waals surface area contributed by atoms with E-state index in [9.17, 15) is 13.9 Å². The maximum Gasteiger partial charge on any atom is 0.233 e. The first-order chi connectivity index (χ1) is 14.5. The minimum absolute atomic E-state index is 0.0480. The van der Waals surface area contributed by atoms with Crippen molar-refractivity contribution in [3.8, 4) is 28.6 Å². The lowest BCUT2D eigenvalue weighted by Crippen LogP contribution is -2.53. The fraction of sp³-hybridized carbons (Fsp3) is 0.286. The van der Waals surface area contributed by atoms with E-state index in [-0.39, 0.29) is 23.7 Å². The number of fused-ring (bicyclic) bond motifs is 2. The van der Waals surface area contributed by atoms with Gasteiger partial charge in [0.15, 0.2) is 12.0 Å². The molecule has 154 valence electrons. The molecule has 0 radical (unpaired) electrons. The highest BCUT2D eigenvalue weighted by atomic mass is 19.1. The van der Waals surface area contributed by atoms with Crippen LogP contribution in [0.15, 0.2) is 54.9 Å². The number of ether oxygens (including phenoxy) is 1. The molecule has 2 aromatic heterocycles. The molecule has 2 aliphatic heterocycles. The van der Waals surface area contributed by atoms with Gasteiger partial charge in [0.2, 0.25) is 5.88 Å². The Bertz CT molecular complexity index is 1100. The van der Waals surface area contributed by atoms with Crippen molar-refractivity contribution in [3.63, 3.8) is 0 Å². The molecule has 1 saturated heterocycles. The second-order valence-electron chi connectivity index (χ2n) is 7.51. The Hall–Kier alpha value is -3.33. The van der Waals surface area contributed by atoms with Crippen LogP contribution in [0.2, 0.25) is 0 Å². The topological polar surface area (TPSA) is 76.3 Å². The van der Waals surface area contributed by atoms with E-state index >= 15 is 0 Å². The smallest absolute Gasteiger partial charge is 0.233 e. The van der Waals surface area contributed by atoms with Gasteiger partial charge in [-0.25, -0.2) is 13.5 Å². The van der Waals surface area contributed by atoms with Gasteiger partial charge in [-0.2, -0.15) is 5.10 Å². The summed E-state index contributed by atoms with van der Waals surface area (Å²) in [5.74, 6) is -0.282. The van der Waals surface area contributed by atoms with Crippen molar-refractivity contribution in [1.29, 1.82) is 0 Å². The van der Waals surface area contributed by atoms with Crippen molar-refractivity contribution >= 4 is 0 Å². The van der Waals surface area contributed by atoms with Crippen LogP contribution >= 0.6 is 0 Å². The van der Waals surface area contributed by atoms with Gasteiger partial charge >= 0.3 is 0 Å². The molecule has 3 aromatic rings. The lowest BCUT2D eigenvalue weighted by molar-refractivity contribution is -0.00563. The standard InChI is InChI=1S/C21H19F2N5O2/c1-27-13-3-6-17(27)21(23)19(9-13)30-20-7-5-16(25-26-20)15-4-2-14(8-18(15)29)28-11-12(22)10-24-28/h2-8,10-11,13,17,19,21,29H,9H2,1H3/t13-,17+,19-,21+/m0/s1. The molecule has 0 amide bonds. The predicted octanol–water partition coefficient (Wildman–Crippen LogP) is 2.90. The summed E-state index contributed by atoms with van der Waals surface area (Å²) in [5, 5.41) is 22.4. The van der Waals surface area contributed by atoms with Gasteiger partial charge in [-0.05, 0) is 25.2 Å². The summed E-state index contributed by atoms with van der Waals surface area (Å²) in [6.07, 6.45) is 5.01. The first-order valence-electron chi connectivity index (χ1n) is 9.58. The van der Waals surface area contributed by atoms with Gasteiger partial charge in [-0.3, -0.25) is 4.90 Å². The largest absolute Gasteiger partial charge is 0.507 e. The summed E-state index contributed by atoms with van der Waals surface area (Å²) < 4.78 is 35.0. The van der Waals surface area contributed by atoms with Crippen LogP contribution in [0, 0.1) is 5.82 Å². The van der Waals surface area contributed by atoms with Gasteiger partial charge in [0.05, 0.1) is 29.8 Å². The number of halogens is 2. The number of aromatic nitrogens is 4. The summed E-state index contributed by atoms with van der Waals surface area (Å²) in [6, 6.07) is 7.94. The van der Waals surface area contributed by atoms with Crippen molar-refractivity contribution in [1.82, 2.24) is 24.9 Å². The monoisotopic (exact) mass is 411 g/mol. The Kier molecular flexibility index (Phi) is 4.47. The number of nitrogens with zero attached hydrogens (tertiary/aromatic N) is 5. The minimum Gasteiger partial charge on any atom is -0.507 e. The maximum absolute atomic E-state index is 14.7. The third kappa shape index (κ3) is 3.21. The average Bonchev–Trinajstić information content (AvgIpc) is 3.28. The van der Waals surface area contributed by atoms with Crippen LogP contribution in [0.4, 0.5) is 8.78 Å². The van der Waals surface area contributed by atoms with Gasteiger partial charge < -0.3 is 9.84 Å². The van der Waals surface area contributed by atoms with Crippen molar-refractivity contribution in [2.24, 2.45) is 0 Å². The van der Waals surface area contributed by atoms with E-state index in [1.165, 1.54) is 16.9 Å². The molecule has 2 aliphatic rings. The van der Waals surface area contributed by atoms with E-state index in [4.69, 9.17) is 4.74 Å². The Morgan fingerprint density at radius 2 is 2.03 bits per heavy atom. The number of phenolic OH excluding ortho intramolecular Hbond substituents is 1. The van der Waals surface area contributed by atoms with Crippen LogP contribution in [0.1, 0.15) is 6.42 Å². The highest BCUT2D eigenvalue weighted by Gasteiger charge is 2.44. The van der Waals surface area contributed by atoms with Crippen LogP contribution in [0.3, 0.4) is 0 Å². The SMILES string of the molecule is CN1[C@@H]2C=C[C@H]1C[C@H](Oc1ccc(-c3ccc(-n4cc(F)cn4)cc3O)nn1)[C@@H]2F. The minimum atomic E-state index is -1.14. The number of likely N-dealkylation sites (N-methyl/N-ethyl adjacent to an activating group) is 1. The Labute approximate surface area is 171 Å². The van der Waals surface area contributed by atoms with Crippen molar-refractivity contribution < 1.29 is 18.6 Å². The maximum atomic E-state index is 14.7. The van der Waals surface area contributed by atoms with Crippen LogP contribution in [0.5, 0.6) is 11.6 Å². The zero-order chi connectivity index (χ0) is 20.8. The molecular weight excluding hydrogens is 392 g/mol. The molecular formula is C21H19F2N5O2. The van der Waals surface area contributed by atoms with Crippen molar-refractivity contribution in [2.45, 2.75) is 30.8 Å². The number of rotatable bonds is 4. The van der Waals surface area contributed by atoms with Gasteiger partial charge in [0.1, 0.15) is 11.9 Å². The highest BCUT2D eigenvalue weighted by molar-refractivity contribution is 5.68. The lowest BCUT2D eigenvalue weighted by Gasteiger charge is -2.38. The molecule has 1 fully saturated rings. The van der Waals surface area contributed by atoms with Crippen LogP contribution in [0.25, 0.3) is 16.9 Å². The zero-order valence-corrected chi connectivity index (χ0v) is 16.1. The van der Waals surface area contributed by atoms with Crippen molar-refractivity contribution in [2.75, 3.05) is 7.05 Å². The molecule has 4 atom stereocenters. The normalized spacial score (nSPS) is 25.6. The Balaban J connectivity index is 1.32. The number of benzene rings is 1. The second-order valence-corrected chi connectivity index (χ2v) is 7.51. The van der Waals surface area contributed by atoms with E-state index in [1.807, 2.05) is 24.1 Å². The van der Waals surface area contributed by atoms with E-state index in [2.05, 4.69) is 15.3 Å². The van der Waals surface area contributed by atoms with Gasteiger partial charge in [0, 0.05) is 30.2 Å².